The van der Waals surface area contributed by atoms with Crippen molar-refractivity contribution in [2.45, 2.75) is 39.0 Å². The Morgan fingerprint density at radius 1 is 1.27 bits per heavy atom. The molecule has 0 amide bonds. The van der Waals surface area contributed by atoms with Gasteiger partial charge >= 0.3 is 0 Å². The zero-order chi connectivity index (χ0) is 18.8. The van der Waals surface area contributed by atoms with Gasteiger partial charge in [-0.05, 0) is 27.0 Å². The summed E-state index contributed by atoms with van der Waals surface area (Å²) in [6, 6.07) is 1.90. The van der Waals surface area contributed by atoms with Crippen LogP contribution in [0.3, 0.4) is 0 Å². The second-order valence-corrected chi connectivity index (χ2v) is 7.19. The number of hydrogen-bond acceptors (Lipinski definition) is 7. The number of halogens is 1. The van der Waals surface area contributed by atoms with E-state index in [-0.39, 0.29) is 6.04 Å². The largest absolute Gasteiger partial charge is 0.444 e. The Morgan fingerprint density at radius 3 is 2.69 bits per heavy atom. The number of alkyl halides is 1. The van der Waals surface area contributed by atoms with Crippen molar-refractivity contribution < 1.29 is 8.81 Å². The highest BCUT2D eigenvalue weighted by Gasteiger charge is 2.34. The Bertz CT molecular complexity index is 730. The maximum Gasteiger partial charge on any atom is 0.226 e. The summed E-state index contributed by atoms with van der Waals surface area (Å²) in [5.74, 6) is 2.94. The third-order valence-corrected chi connectivity index (χ3v) is 4.69. The van der Waals surface area contributed by atoms with Crippen molar-refractivity contribution in [3.05, 3.63) is 29.6 Å². The lowest BCUT2D eigenvalue weighted by atomic mass is 10.2. The van der Waals surface area contributed by atoms with Gasteiger partial charge in [-0.3, -0.25) is 4.90 Å². The van der Waals surface area contributed by atoms with E-state index in [0.29, 0.717) is 37.9 Å². The topological polar surface area (TPSA) is 61.5 Å². The van der Waals surface area contributed by atoms with Gasteiger partial charge in [0.05, 0.1) is 18.8 Å². The van der Waals surface area contributed by atoms with Gasteiger partial charge in [0.25, 0.3) is 0 Å². The van der Waals surface area contributed by atoms with Gasteiger partial charge in [0.2, 0.25) is 11.8 Å². The first kappa shape index (κ1) is 18.6. The summed E-state index contributed by atoms with van der Waals surface area (Å²) in [6.45, 7) is 5.52. The third kappa shape index (κ3) is 4.12. The van der Waals surface area contributed by atoms with Gasteiger partial charge in [-0.1, -0.05) is 0 Å². The Balaban J connectivity index is 1.70. The van der Waals surface area contributed by atoms with Crippen molar-refractivity contribution in [1.82, 2.24) is 19.9 Å². The molecule has 3 rings (SSSR count). The van der Waals surface area contributed by atoms with Crippen LogP contribution in [-0.2, 0) is 6.54 Å². The molecule has 0 spiro atoms. The van der Waals surface area contributed by atoms with Gasteiger partial charge in [-0.15, -0.1) is 0 Å². The van der Waals surface area contributed by atoms with Crippen LogP contribution < -0.4 is 9.80 Å². The molecule has 142 valence electrons. The number of aryl methyl sites for hydroxylation is 2. The molecule has 1 aliphatic rings. The van der Waals surface area contributed by atoms with Gasteiger partial charge in [0.1, 0.15) is 17.7 Å². The lowest BCUT2D eigenvalue weighted by Crippen LogP contribution is -2.39. The Morgan fingerprint density at radius 2 is 2.04 bits per heavy atom. The third-order valence-electron chi connectivity index (χ3n) is 4.69. The van der Waals surface area contributed by atoms with Crippen LogP contribution >= 0.6 is 0 Å². The highest BCUT2D eigenvalue weighted by atomic mass is 19.1. The van der Waals surface area contributed by atoms with Gasteiger partial charge in [-0.2, -0.15) is 4.98 Å². The summed E-state index contributed by atoms with van der Waals surface area (Å²) in [4.78, 5) is 19.3. The van der Waals surface area contributed by atoms with Gasteiger partial charge in [0, 0.05) is 39.3 Å². The number of nitrogens with zero attached hydrogens (tertiary/aromatic N) is 6. The molecule has 7 nitrogen and oxygen atoms in total. The molecule has 3 heterocycles. The fraction of sp³-hybridized carbons (Fsp3) is 0.611. The van der Waals surface area contributed by atoms with E-state index in [4.69, 9.17) is 4.42 Å². The van der Waals surface area contributed by atoms with E-state index in [0.717, 1.165) is 17.3 Å². The van der Waals surface area contributed by atoms with Crippen molar-refractivity contribution in [2.24, 2.45) is 0 Å². The quantitative estimate of drug-likeness (QED) is 0.781. The molecule has 0 aromatic carbocycles. The first-order valence-electron chi connectivity index (χ1n) is 8.86. The summed E-state index contributed by atoms with van der Waals surface area (Å²) in [6.07, 6.45) is 1.37. The van der Waals surface area contributed by atoms with Crippen molar-refractivity contribution >= 4 is 11.8 Å². The highest BCUT2D eigenvalue weighted by Crippen LogP contribution is 2.27. The van der Waals surface area contributed by atoms with E-state index in [1.807, 2.05) is 50.9 Å². The lowest BCUT2D eigenvalue weighted by Gasteiger charge is -2.29. The number of anilines is 2. The average Bonchev–Trinajstić information content (AvgIpc) is 3.09. The second-order valence-electron chi connectivity index (χ2n) is 7.19. The van der Waals surface area contributed by atoms with Gasteiger partial charge < -0.3 is 14.2 Å². The summed E-state index contributed by atoms with van der Waals surface area (Å²) in [5, 5.41) is 0. The molecule has 1 aliphatic heterocycles. The summed E-state index contributed by atoms with van der Waals surface area (Å²) < 4.78 is 19.8. The number of rotatable bonds is 6. The molecule has 8 heteroatoms. The smallest absolute Gasteiger partial charge is 0.226 e. The summed E-state index contributed by atoms with van der Waals surface area (Å²) >= 11 is 0. The van der Waals surface area contributed by atoms with E-state index in [1.54, 1.807) is 6.20 Å². The summed E-state index contributed by atoms with van der Waals surface area (Å²) in [5.41, 5.74) is 0.914. The Kier molecular flexibility index (Phi) is 5.41. The number of aromatic nitrogens is 3. The van der Waals surface area contributed by atoms with Crippen LogP contribution in [0.15, 0.2) is 16.7 Å². The standard InChI is InChI=1S/C18H27FN6O/c1-12-13(2)26-17(21-12)11-24(5)10-15-8-14(19)9-25(15)16-6-7-20-18(22-16)23(3)4/h6-7,14-15H,8-11H2,1-5H3/t14-,15-/m0/s1. The molecule has 0 N–H and O–H groups in total. The predicted octanol–water partition coefficient (Wildman–Crippen LogP) is 2.20. The van der Waals surface area contributed by atoms with Crippen molar-refractivity contribution in [2.75, 3.05) is 44.0 Å². The lowest BCUT2D eigenvalue weighted by molar-refractivity contribution is 0.262. The molecule has 2 atom stereocenters. The SMILES string of the molecule is Cc1nc(CN(C)C[C@@H]2C[C@H](F)CN2c2ccnc(N(C)C)n2)oc1C. The minimum absolute atomic E-state index is 0.0528. The van der Waals surface area contributed by atoms with Crippen LogP contribution in [0.4, 0.5) is 16.2 Å². The van der Waals surface area contributed by atoms with Crippen LogP contribution in [-0.4, -0.2) is 66.3 Å². The molecule has 2 aromatic heterocycles. The van der Waals surface area contributed by atoms with Crippen LogP contribution in [0.1, 0.15) is 23.8 Å². The normalized spacial score (nSPS) is 20.2. The minimum atomic E-state index is -0.850. The zero-order valence-corrected chi connectivity index (χ0v) is 16.1. The van der Waals surface area contributed by atoms with E-state index in [2.05, 4.69) is 19.9 Å². The predicted molar refractivity (Wildman–Crippen MR) is 99.3 cm³/mol. The molecule has 2 aromatic rings. The number of hydrogen-bond donors (Lipinski definition) is 0. The number of likely N-dealkylation sites (N-methyl/N-ethyl adjacent to an activating group) is 1. The Labute approximate surface area is 153 Å². The molecule has 0 bridgehead atoms. The van der Waals surface area contributed by atoms with Crippen molar-refractivity contribution in [3.63, 3.8) is 0 Å². The van der Waals surface area contributed by atoms with Gasteiger partial charge in [-0.25, -0.2) is 14.4 Å². The van der Waals surface area contributed by atoms with Gasteiger partial charge in [0.15, 0.2) is 0 Å². The van der Waals surface area contributed by atoms with E-state index >= 15 is 0 Å². The molecule has 26 heavy (non-hydrogen) atoms. The monoisotopic (exact) mass is 362 g/mol. The molecule has 1 saturated heterocycles. The molecule has 1 fully saturated rings. The van der Waals surface area contributed by atoms with E-state index in [1.165, 1.54) is 0 Å². The maximum absolute atomic E-state index is 14.2. The van der Waals surface area contributed by atoms with E-state index in [9.17, 15) is 4.39 Å². The van der Waals surface area contributed by atoms with Crippen LogP contribution in [0.2, 0.25) is 0 Å². The van der Waals surface area contributed by atoms with Crippen LogP contribution in [0.25, 0.3) is 0 Å². The molecular formula is C18H27FN6O. The fourth-order valence-electron chi connectivity index (χ4n) is 3.29. The van der Waals surface area contributed by atoms with Crippen molar-refractivity contribution in [1.29, 1.82) is 0 Å². The molecular weight excluding hydrogens is 335 g/mol. The maximum atomic E-state index is 14.2. The number of oxazole rings is 1. The highest BCUT2D eigenvalue weighted by molar-refractivity contribution is 5.45. The molecule has 0 unspecified atom stereocenters. The summed E-state index contributed by atoms with van der Waals surface area (Å²) in [7, 11) is 5.79. The zero-order valence-electron chi connectivity index (χ0n) is 16.1. The first-order chi connectivity index (χ1) is 12.3. The minimum Gasteiger partial charge on any atom is -0.444 e. The van der Waals surface area contributed by atoms with Crippen LogP contribution in [0.5, 0.6) is 0 Å². The molecule has 0 saturated carbocycles. The van der Waals surface area contributed by atoms with Crippen molar-refractivity contribution in [3.8, 4) is 0 Å². The van der Waals surface area contributed by atoms with Crippen LogP contribution in [0, 0.1) is 13.8 Å². The Hall–Kier alpha value is -2.22. The first-order valence-corrected chi connectivity index (χ1v) is 8.86. The van der Waals surface area contributed by atoms with E-state index < -0.39 is 6.17 Å². The molecule has 0 radical (unpaired) electrons. The fourth-order valence-corrected chi connectivity index (χ4v) is 3.29. The molecule has 0 aliphatic carbocycles. The second kappa shape index (κ2) is 7.57. The average molecular weight is 362 g/mol.